The van der Waals surface area contributed by atoms with Gasteiger partial charge in [-0.3, -0.25) is 4.79 Å². The second-order valence-electron chi connectivity index (χ2n) is 11.2. The van der Waals surface area contributed by atoms with Gasteiger partial charge in [0, 0.05) is 29.5 Å². The topological polar surface area (TPSA) is 117 Å². The van der Waals surface area contributed by atoms with Crippen LogP contribution in [0.15, 0.2) is 66.2 Å². The van der Waals surface area contributed by atoms with Crippen molar-refractivity contribution in [2.45, 2.75) is 64.7 Å². The Balaban J connectivity index is 1.63. The van der Waals surface area contributed by atoms with Crippen molar-refractivity contribution in [2.24, 2.45) is 5.92 Å². The minimum atomic E-state index is -0.819. The third-order valence-electron chi connectivity index (χ3n) is 6.88. The molecule has 0 spiro atoms. The Bertz CT molecular complexity index is 1480. The van der Waals surface area contributed by atoms with Crippen LogP contribution in [0.1, 0.15) is 47.0 Å². The fourth-order valence-electron chi connectivity index (χ4n) is 4.92. The molecular formula is C33H39N2O7+. The van der Waals surface area contributed by atoms with E-state index in [1.807, 2.05) is 61.5 Å². The van der Waals surface area contributed by atoms with Crippen molar-refractivity contribution >= 4 is 28.7 Å². The third-order valence-corrected chi connectivity index (χ3v) is 6.88. The van der Waals surface area contributed by atoms with Crippen molar-refractivity contribution in [1.82, 2.24) is 10.3 Å². The van der Waals surface area contributed by atoms with Crippen molar-refractivity contribution in [3.8, 4) is 22.8 Å². The second-order valence-corrected chi connectivity index (χ2v) is 11.2. The second kappa shape index (κ2) is 13.1. The van der Waals surface area contributed by atoms with Crippen molar-refractivity contribution < 1.29 is 33.3 Å². The van der Waals surface area contributed by atoms with Gasteiger partial charge in [-0.1, -0.05) is 43.7 Å². The molecule has 0 bridgehead atoms. The lowest BCUT2D eigenvalue weighted by molar-refractivity contribution is -0.159. The Morgan fingerprint density at radius 3 is 2.48 bits per heavy atom. The van der Waals surface area contributed by atoms with Crippen LogP contribution in [0.3, 0.4) is 0 Å². The molecule has 3 atom stereocenters. The molecule has 0 radical (unpaired) electrons. The van der Waals surface area contributed by atoms with Gasteiger partial charge in [-0.2, -0.15) is 0 Å². The van der Waals surface area contributed by atoms with Crippen molar-refractivity contribution in [2.75, 3.05) is 14.2 Å². The van der Waals surface area contributed by atoms with Gasteiger partial charge in [-0.05, 0) is 45.4 Å². The van der Waals surface area contributed by atoms with Crippen LogP contribution in [0.5, 0.6) is 11.5 Å². The molecule has 3 aromatic rings. The summed E-state index contributed by atoms with van der Waals surface area (Å²) in [6.07, 6.45) is 2.42. The van der Waals surface area contributed by atoms with Gasteiger partial charge in [0.25, 0.3) is 0 Å². The first-order valence-corrected chi connectivity index (χ1v) is 14.1. The van der Waals surface area contributed by atoms with E-state index in [1.54, 1.807) is 34.0 Å². The minimum absolute atomic E-state index is 0.225. The van der Waals surface area contributed by atoms with Crippen LogP contribution in [-0.2, 0) is 19.1 Å². The van der Waals surface area contributed by atoms with Gasteiger partial charge < -0.3 is 29.1 Å². The number of nitrogens with one attached hydrogen (secondary N) is 1. The number of hydrogen-bond acceptors (Lipinski definition) is 7. The SMILES string of the molecule is CCC[C@H](NC(=O)C1CC(Oc2cc(-c3ccccc3)nc3cc(OC)ccc23)C=C1C(=[OH+])OC)C(=O)OC(C)(C)C. The Morgan fingerprint density at radius 1 is 1.10 bits per heavy atom. The summed E-state index contributed by atoms with van der Waals surface area (Å²) in [6.45, 7) is 7.27. The molecule has 1 aromatic heterocycles. The monoisotopic (exact) mass is 575 g/mol. The first-order valence-electron chi connectivity index (χ1n) is 14.1. The summed E-state index contributed by atoms with van der Waals surface area (Å²) >= 11 is 0. The quantitative estimate of drug-likeness (QED) is 0.255. The standard InChI is InChI=1S/C33H38N2O7/c1-7-11-26(32(38)42-33(2,3)4)35-30(36)24-16-22(17-25(24)31(37)40-6)41-29-19-27(20-12-9-8-10-13-20)34-28-18-21(39-5)14-15-23(28)29/h8-10,12-15,17-19,22,24,26H,7,11,16H2,1-6H3,(H,35,36)/p+1/t22?,24?,26-/m0/s1. The number of fused-ring (bicyclic) bond motifs is 1. The number of nitrogens with zero attached hydrogens (tertiary/aromatic N) is 1. The maximum Gasteiger partial charge on any atom is 0.513 e. The fourth-order valence-corrected chi connectivity index (χ4v) is 4.92. The largest absolute Gasteiger partial charge is 0.513 e. The number of aromatic nitrogens is 1. The molecule has 1 aliphatic carbocycles. The average molecular weight is 576 g/mol. The molecule has 2 aromatic carbocycles. The summed E-state index contributed by atoms with van der Waals surface area (Å²) in [7, 11) is 2.93. The summed E-state index contributed by atoms with van der Waals surface area (Å²) in [4.78, 5) is 41.7. The molecule has 222 valence electrons. The van der Waals surface area contributed by atoms with Crippen molar-refractivity contribution in [1.29, 1.82) is 0 Å². The maximum atomic E-state index is 13.5. The Morgan fingerprint density at radius 2 is 1.83 bits per heavy atom. The maximum absolute atomic E-state index is 13.5. The summed E-state index contributed by atoms with van der Waals surface area (Å²) in [5.41, 5.74) is 1.93. The molecule has 9 nitrogen and oxygen atoms in total. The number of pyridine rings is 1. The van der Waals surface area contributed by atoms with E-state index in [-0.39, 0.29) is 12.4 Å². The van der Waals surface area contributed by atoms with E-state index in [4.69, 9.17) is 23.9 Å². The molecule has 1 aliphatic rings. The van der Waals surface area contributed by atoms with E-state index in [0.717, 1.165) is 10.9 Å². The molecule has 4 rings (SSSR count). The van der Waals surface area contributed by atoms with Crippen molar-refractivity contribution in [3.05, 3.63) is 66.2 Å². The number of hydrogen-bond donors (Lipinski definition) is 1. The number of esters is 2. The van der Waals surface area contributed by atoms with Gasteiger partial charge in [-0.25, -0.2) is 9.78 Å². The van der Waals surface area contributed by atoms with Crippen LogP contribution in [0, 0.1) is 5.92 Å². The van der Waals surface area contributed by atoms with E-state index in [9.17, 15) is 14.4 Å². The van der Waals surface area contributed by atoms with Crippen LogP contribution in [-0.4, -0.2) is 59.6 Å². The van der Waals surface area contributed by atoms with E-state index in [2.05, 4.69) is 5.32 Å². The summed E-state index contributed by atoms with van der Waals surface area (Å²) in [5, 5.41) is 3.60. The average Bonchev–Trinajstić information content (AvgIpc) is 3.39. The van der Waals surface area contributed by atoms with Gasteiger partial charge in [0.05, 0.1) is 24.2 Å². The molecule has 0 saturated heterocycles. The highest BCUT2D eigenvalue weighted by Crippen LogP contribution is 2.36. The zero-order valence-electron chi connectivity index (χ0n) is 25.0. The van der Waals surface area contributed by atoms with Crippen LogP contribution in [0.2, 0.25) is 0 Å². The Hall–Kier alpha value is -4.40. The molecule has 42 heavy (non-hydrogen) atoms. The summed E-state index contributed by atoms with van der Waals surface area (Å²) in [6, 6.07) is 16.4. The minimum Gasteiger partial charge on any atom is -0.497 e. The zero-order chi connectivity index (χ0) is 30.4. The van der Waals surface area contributed by atoms with Crippen molar-refractivity contribution in [3.63, 3.8) is 0 Å². The number of ether oxygens (including phenoxy) is 4. The smallest absolute Gasteiger partial charge is 0.497 e. The number of carbonyl (C=O) groups excluding carboxylic acids is 3. The molecule has 0 aliphatic heterocycles. The number of amides is 1. The zero-order valence-corrected chi connectivity index (χ0v) is 25.0. The number of carbonyl (C=O) groups is 2. The van der Waals surface area contributed by atoms with Gasteiger partial charge in [0.2, 0.25) is 5.91 Å². The lowest BCUT2D eigenvalue weighted by Gasteiger charge is -2.25. The molecular weight excluding hydrogens is 536 g/mol. The Labute approximate surface area is 246 Å². The Kier molecular flexibility index (Phi) is 9.50. The van der Waals surface area contributed by atoms with Crippen LogP contribution >= 0.6 is 0 Å². The molecule has 1 heterocycles. The molecule has 0 fully saturated rings. The van der Waals surface area contributed by atoms with Crippen LogP contribution in [0.25, 0.3) is 22.2 Å². The van der Waals surface area contributed by atoms with Gasteiger partial charge in [0.15, 0.2) is 7.11 Å². The van der Waals surface area contributed by atoms with Gasteiger partial charge >= 0.3 is 11.9 Å². The van der Waals surface area contributed by atoms with Gasteiger partial charge in [-0.15, -0.1) is 0 Å². The normalized spacial score (nSPS) is 17.2. The predicted octanol–water partition coefficient (Wildman–Crippen LogP) is 5.38. The highest BCUT2D eigenvalue weighted by atomic mass is 16.6. The predicted molar refractivity (Wildman–Crippen MR) is 161 cm³/mol. The first-order chi connectivity index (χ1) is 20.0. The van der Waals surface area contributed by atoms with Gasteiger partial charge in [0.1, 0.15) is 34.8 Å². The molecule has 9 heteroatoms. The highest BCUT2D eigenvalue weighted by Gasteiger charge is 2.42. The third kappa shape index (κ3) is 7.26. The van der Waals surface area contributed by atoms with Crippen LogP contribution < -0.4 is 14.8 Å². The van der Waals surface area contributed by atoms with Crippen LogP contribution in [0.4, 0.5) is 0 Å². The van der Waals surface area contributed by atoms with E-state index >= 15 is 0 Å². The number of rotatable bonds is 10. The molecule has 1 amide bonds. The number of benzene rings is 2. The molecule has 0 saturated carbocycles. The van der Waals surface area contributed by atoms with E-state index < -0.39 is 35.5 Å². The molecule has 2 N–H and O–H groups in total. The molecule has 2 unspecified atom stereocenters. The number of methoxy groups -OCH3 is 2. The lowest BCUT2D eigenvalue weighted by Crippen LogP contribution is -2.46. The van der Waals surface area contributed by atoms with E-state index in [1.165, 1.54) is 7.11 Å². The summed E-state index contributed by atoms with van der Waals surface area (Å²) < 4.78 is 22.5. The lowest BCUT2D eigenvalue weighted by atomic mass is 9.99. The highest BCUT2D eigenvalue weighted by molar-refractivity contribution is 5.99. The first kappa shape index (κ1) is 30.6. The van der Waals surface area contributed by atoms with E-state index in [0.29, 0.717) is 41.1 Å². The summed E-state index contributed by atoms with van der Waals surface area (Å²) in [5.74, 6) is -0.871. The fraction of sp³-hybridized carbons (Fsp3) is 0.394.